The van der Waals surface area contributed by atoms with Gasteiger partial charge in [0.2, 0.25) is 0 Å². The van der Waals surface area contributed by atoms with Crippen LogP contribution in [0.3, 0.4) is 0 Å². The average Bonchev–Trinajstić information content (AvgIpc) is 2.68. The predicted octanol–water partition coefficient (Wildman–Crippen LogP) is -0.951. The molecule has 0 aromatic rings. The molecule has 102 valence electrons. The Labute approximate surface area is 104 Å². The van der Waals surface area contributed by atoms with Crippen LogP contribution < -0.4 is 11.1 Å². The van der Waals surface area contributed by atoms with Crippen molar-refractivity contribution in [2.75, 3.05) is 19.6 Å². The van der Waals surface area contributed by atoms with Crippen molar-refractivity contribution in [3.05, 3.63) is 0 Å². The minimum absolute atomic E-state index is 0.0176. The molecule has 0 spiro atoms. The zero-order chi connectivity index (χ0) is 13.8. The van der Waals surface area contributed by atoms with Crippen molar-refractivity contribution in [2.45, 2.75) is 24.8 Å². The van der Waals surface area contributed by atoms with Gasteiger partial charge in [0.1, 0.15) is 5.54 Å². The molecule has 1 atom stereocenters. The molecule has 0 saturated carbocycles. The summed E-state index contributed by atoms with van der Waals surface area (Å²) in [7, 11) is 0. The van der Waals surface area contributed by atoms with Crippen LogP contribution in [0, 0.1) is 0 Å². The zero-order valence-corrected chi connectivity index (χ0v) is 9.89. The van der Waals surface area contributed by atoms with Crippen LogP contribution in [0.2, 0.25) is 0 Å². The number of carboxylic acid groups (broad SMARTS) is 2. The summed E-state index contributed by atoms with van der Waals surface area (Å²) in [5, 5.41) is 19.8. The van der Waals surface area contributed by atoms with Crippen LogP contribution in [0.25, 0.3) is 0 Å². The molecule has 0 aromatic heterocycles. The van der Waals surface area contributed by atoms with Crippen molar-refractivity contribution in [1.82, 2.24) is 10.2 Å². The van der Waals surface area contributed by atoms with Crippen LogP contribution in [0.15, 0.2) is 0 Å². The van der Waals surface area contributed by atoms with Gasteiger partial charge in [0.05, 0.1) is 6.54 Å². The van der Waals surface area contributed by atoms with Crippen molar-refractivity contribution >= 4 is 18.0 Å². The number of amides is 2. The van der Waals surface area contributed by atoms with E-state index < -0.39 is 23.5 Å². The molecule has 5 N–H and O–H groups in total. The van der Waals surface area contributed by atoms with Gasteiger partial charge in [-0.3, -0.25) is 9.59 Å². The highest BCUT2D eigenvalue weighted by Crippen LogP contribution is 2.18. The number of urea groups is 1. The second-order valence-electron chi connectivity index (χ2n) is 4.36. The first-order chi connectivity index (χ1) is 8.35. The maximum atomic E-state index is 11.6. The number of rotatable bonds is 5. The number of nitrogens with two attached hydrogens (primary N) is 1. The first-order valence-corrected chi connectivity index (χ1v) is 5.62. The lowest BCUT2D eigenvalue weighted by Gasteiger charge is -2.20. The first kappa shape index (κ1) is 14.2. The number of nitrogens with one attached hydrogen (secondary N) is 1. The molecule has 8 nitrogen and oxygen atoms in total. The smallest absolute Gasteiger partial charge is 0.325 e. The fraction of sp³-hybridized carbons (Fsp3) is 0.700. The van der Waals surface area contributed by atoms with Gasteiger partial charge in [-0.2, -0.15) is 0 Å². The van der Waals surface area contributed by atoms with E-state index in [1.165, 1.54) is 4.90 Å². The summed E-state index contributed by atoms with van der Waals surface area (Å²) in [5.74, 6) is -2.04. The SMILES string of the molecule is NC1(C(=O)O)CCN(C(=O)NCCCC(=O)O)C1. The molecule has 0 aromatic carbocycles. The fourth-order valence-electron chi connectivity index (χ4n) is 1.73. The molecule has 1 heterocycles. The maximum Gasteiger partial charge on any atom is 0.325 e. The van der Waals surface area contributed by atoms with E-state index in [-0.39, 0.29) is 32.5 Å². The Morgan fingerprint density at radius 1 is 1.33 bits per heavy atom. The predicted molar refractivity (Wildman–Crippen MR) is 61.0 cm³/mol. The standard InChI is InChI=1S/C10H17N3O5/c11-10(8(16)17)3-5-13(6-10)9(18)12-4-1-2-7(14)15/h1-6,11H2,(H,12,18)(H,14,15)(H,16,17). The Balaban J connectivity index is 2.32. The second-order valence-corrected chi connectivity index (χ2v) is 4.36. The molecule has 1 rings (SSSR count). The highest BCUT2D eigenvalue weighted by Gasteiger charge is 2.42. The first-order valence-electron chi connectivity index (χ1n) is 5.62. The molecular formula is C10H17N3O5. The van der Waals surface area contributed by atoms with Crippen molar-refractivity contribution in [3.8, 4) is 0 Å². The molecule has 2 amide bonds. The highest BCUT2D eigenvalue weighted by molar-refractivity contribution is 5.82. The van der Waals surface area contributed by atoms with Crippen LogP contribution in [0.1, 0.15) is 19.3 Å². The number of aliphatic carboxylic acids is 2. The summed E-state index contributed by atoms with van der Waals surface area (Å²) >= 11 is 0. The Morgan fingerprint density at radius 2 is 2.00 bits per heavy atom. The van der Waals surface area contributed by atoms with Gasteiger partial charge in [-0.05, 0) is 12.8 Å². The third kappa shape index (κ3) is 3.59. The van der Waals surface area contributed by atoms with E-state index in [4.69, 9.17) is 15.9 Å². The van der Waals surface area contributed by atoms with Crippen LogP contribution in [-0.2, 0) is 9.59 Å². The highest BCUT2D eigenvalue weighted by atomic mass is 16.4. The largest absolute Gasteiger partial charge is 0.481 e. The topological polar surface area (TPSA) is 133 Å². The average molecular weight is 259 g/mol. The van der Waals surface area contributed by atoms with E-state index in [9.17, 15) is 14.4 Å². The number of nitrogens with zero attached hydrogens (tertiary/aromatic N) is 1. The summed E-state index contributed by atoms with van der Waals surface area (Å²) in [5.41, 5.74) is 4.25. The lowest BCUT2D eigenvalue weighted by atomic mass is 10.0. The summed E-state index contributed by atoms with van der Waals surface area (Å²) in [4.78, 5) is 34.1. The van der Waals surface area contributed by atoms with E-state index in [0.29, 0.717) is 6.42 Å². The lowest BCUT2D eigenvalue weighted by Crippen LogP contribution is -2.51. The van der Waals surface area contributed by atoms with Gasteiger partial charge in [0, 0.05) is 19.5 Å². The Kier molecular flexibility index (Phi) is 4.49. The summed E-state index contributed by atoms with van der Waals surface area (Å²) < 4.78 is 0. The quantitative estimate of drug-likeness (QED) is 0.470. The molecule has 8 heteroatoms. The summed E-state index contributed by atoms with van der Waals surface area (Å²) in [6.45, 7) is 0.493. The zero-order valence-electron chi connectivity index (χ0n) is 9.89. The molecule has 18 heavy (non-hydrogen) atoms. The van der Waals surface area contributed by atoms with E-state index in [1.807, 2.05) is 0 Å². The van der Waals surface area contributed by atoms with E-state index in [2.05, 4.69) is 5.32 Å². The second kappa shape index (κ2) is 5.67. The Morgan fingerprint density at radius 3 is 2.50 bits per heavy atom. The minimum atomic E-state index is -1.38. The molecule has 1 saturated heterocycles. The van der Waals surface area contributed by atoms with Crippen molar-refractivity contribution in [1.29, 1.82) is 0 Å². The number of likely N-dealkylation sites (tertiary alicyclic amines) is 1. The number of carbonyl (C=O) groups is 3. The van der Waals surface area contributed by atoms with Gasteiger partial charge in [-0.15, -0.1) is 0 Å². The number of hydrogen-bond donors (Lipinski definition) is 4. The molecule has 1 aliphatic heterocycles. The lowest BCUT2D eigenvalue weighted by molar-refractivity contribution is -0.142. The van der Waals surface area contributed by atoms with Gasteiger partial charge < -0.3 is 26.2 Å². The Bertz CT molecular complexity index is 359. The summed E-state index contributed by atoms with van der Waals surface area (Å²) in [6.07, 6.45) is 0.530. The van der Waals surface area contributed by atoms with Gasteiger partial charge in [-0.25, -0.2) is 4.79 Å². The molecule has 1 fully saturated rings. The third-order valence-corrected chi connectivity index (χ3v) is 2.86. The van der Waals surface area contributed by atoms with Crippen LogP contribution in [0.4, 0.5) is 4.79 Å². The molecule has 0 radical (unpaired) electrons. The normalized spacial score (nSPS) is 22.8. The van der Waals surface area contributed by atoms with Crippen molar-refractivity contribution in [3.63, 3.8) is 0 Å². The van der Waals surface area contributed by atoms with E-state index >= 15 is 0 Å². The molecule has 0 bridgehead atoms. The number of hydrogen-bond acceptors (Lipinski definition) is 4. The maximum absolute atomic E-state index is 11.6. The van der Waals surface area contributed by atoms with E-state index in [0.717, 1.165) is 0 Å². The number of carbonyl (C=O) groups excluding carboxylic acids is 1. The monoisotopic (exact) mass is 259 g/mol. The van der Waals surface area contributed by atoms with E-state index in [1.54, 1.807) is 0 Å². The van der Waals surface area contributed by atoms with Crippen molar-refractivity contribution in [2.24, 2.45) is 5.73 Å². The van der Waals surface area contributed by atoms with Crippen molar-refractivity contribution < 1.29 is 24.6 Å². The molecule has 1 aliphatic rings. The molecule has 0 aliphatic carbocycles. The van der Waals surface area contributed by atoms with Crippen LogP contribution >= 0.6 is 0 Å². The minimum Gasteiger partial charge on any atom is -0.481 e. The number of carboxylic acids is 2. The van der Waals surface area contributed by atoms with Gasteiger partial charge in [0.25, 0.3) is 0 Å². The van der Waals surface area contributed by atoms with Gasteiger partial charge in [0.15, 0.2) is 0 Å². The van der Waals surface area contributed by atoms with Gasteiger partial charge in [-0.1, -0.05) is 0 Å². The summed E-state index contributed by atoms with van der Waals surface area (Å²) in [6, 6.07) is -0.408. The third-order valence-electron chi connectivity index (χ3n) is 2.86. The van der Waals surface area contributed by atoms with Crippen LogP contribution in [0.5, 0.6) is 0 Å². The molecular weight excluding hydrogens is 242 g/mol. The fourth-order valence-corrected chi connectivity index (χ4v) is 1.73. The Hall–Kier alpha value is -1.83. The molecule has 1 unspecified atom stereocenters. The van der Waals surface area contributed by atoms with Crippen LogP contribution in [-0.4, -0.2) is 58.3 Å². The van der Waals surface area contributed by atoms with Gasteiger partial charge >= 0.3 is 18.0 Å².